The molecule has 1 atom stereocenters. The molecule has 0 radical (unpaired) electrons. The Morgan fingerprint density at radius 1 is 1.19 bits per heavy atom. The number of unbranched alkanes of at least 4 members (excludes halogenated alkanes) is 3. The van der Waals surface area contributed by atoms with Crippen LogP contribution in [0.15, 0.2) is 24.3 Å². The Balaban J connectivity index is 2.15. The number of benzene rings is 1. The van der Waals surface area contributed by atoms with Crippen molar-refractivity contribution in [1.29, 1.82) is 5.26 Å². The van der Waals surface area contributed by atoms with E-state index in [1.807, 2.05) is 24.3 Å². The number of fused-ring (bicyclic) bond motifs is 1. The van der Waals surface area contributed by atoms with E-state index in [4.69, 9.17) is 0 Å². The van der Waals surface area contributed by atoms with E-state index < -0.39 is 0 Å². The van der Waals surface area contributed by atoms with Gasteiger partial charge in [0.1, 0.15) is 6.07 Å². The van der Waals surface area contributed by atoms with Gasteiger partial charge in [-0.3, -0.25) is 0 Å². The highest BCUT2D eigenvalue weighted by atomic mass is 15.1. The van der Waals surface area contributed by atoms with Crippen molar-refractivity contribution < 1.29 is 0 Å². The zero-order valence-corrected chi connectivity index (χ0v) is 12.8. The van der Waals surface area contributed by atoms with Crippen LogP contribution in [0.4, 0.5) is 5.69 Å². The number of nitriles is 1. The summed E-state index contributed by atoms with van der Waals surface area (Å²) in [6.45, 7) is 4.37. The van der Waals surface area contributed by atoms with Gasteiger partial charge >= 0.3 is 0 Å². The number of nitrogens with zero attached hydrogens (tertiary/aromatic N) is 3. The fourth-order valence-corrected chi connectivity index (χ4v) is 2.47. The largest absolute Gasteiger partial charge is 0.380 e. The third-order valence-electron chi connectivity index (χ3n) is 3.66. The number of hydrogen-bond acceptors (Lipinski definition) is 4. The van der Waals surface area contributed by atoms with E-state index in [0.717, 1.165) is 23.0 Å². The van der Waals surface area contributed by atoms with Crippen LogP contribution in [0.1, 0.15) is 51.6 Å². The molecule has 0 saturated carbocycles. The van der Waals surface area contributed by atoms with E-state index in [1.165, 1.54) is 25.7 Å². The zero-order valence-electron chi connectivity index (χ0n) is 12.8. The number of hydrogen-bond donors (Lipinski definition) is 1. The predicted octanol–water partition coefficient (Wildman–Crippen LogP) is 4.27. The Bertz CT molecular complexity index is 630. The molecule has 4 heteroatoms. The molecule has 1 aromatic carbocycles. The monoisotopic (exact) mass is 282 g/mol. The first-order valence-corrected chi connectivity index (χ1v) is 7.68. The third kappa shape index (κ3) is 3.91. The van der Waals surface area contributed by atoms with E-state index in [1.54, 1.807) is 0 Å². The summed E-state index contributed by atoms with van der Waals surface area (Å²) >= 11 is 0. The summed E-state index contributed by atoms with van der Waals surface area (Å²) in [7, 11) is 0. The van der Waals surface area contributed by atoms with Crippen LogP contribution in [0, 0.1) is 11.3 Å². The molecular formula is C17H22N4. The summed E-state index contributed by atoms with van der Waals surface area (Å²) < 4.78 is 0. The Morgan fingerprint density at radius 3 is 2.76 bits per heavy atom. The number of rotatable bonds is 7. The molecule has 21 heavy (non-hydrogen) atoms. The summed E-state index contributed by atoms with van der Waals surface area (Å²) in [6, 6.07) is 10.2. The van der Waals surface area contributed by atoms with Gasteiger partial charge in [-0.2, -0.15) is 5.26 Å². The lowest BCUT2D eigenvalue weighted by Crippen LogP contribution is -2.17. The molecule has 0 spiro atoms. The minimum atomic E-state index is 0.321. The number of nitrogens with one attached hydrogen (secondary N) is 1. The van der Waals surface area contributed by atoms with Crippen LogP contribution >= 0.6 is 0 Å². The van der Waals surface area contributed by atoms with Crippen LogP contribution in [-0.2, 0) is 0 Å². The normalized spacial score (nSPS) is 12.0. The first-order chi connectivity index (χ1) is 10.3. The first-order valence-electron chi connectivity index (χ1n) is 7.68. The van der Waals surface area contributed by atoms with Crippen LogP contribution in [-0.4, -0.2) is 16.2 Å². The molecule has 4 nitrogen and oxygen atoms in total. The summed E-state index contributed by atoms with van der Waals surface area (Å²) in [5, 5.41) is 21.8. The predicted molar refractivity (Wildman–Crippen MR) is 86.1 cm³/mol. The fourth-order valence-electron chi connectivity index (χ4n) is 2.47. The number of aromatic nitrogens is 2. The average Bonchev–Trinajstić information content (AvgIpc) is 2.52. The average molecular weight is 282 g/mol. The molecule has 2 rings (SSSR count). The molecular weight excluding hydrogens is 260 g/mol. The van der Waals surface area contributed by atoms with Crippen LogP contribution in [0.5, 0.6) is 0 Å². The molecule has 1 N–H and O–H groups in total. The Morgan fingerprint density at radius 2 is 2.00 bits per heavy atom. The highest BCUT2D eigenvalue weighted by Gasteiger charge is 2.12. The van der Waals surface area contributed by atoms with Crippen molar-refractivity contribution >= 4 is 16.6 Å². The SMILES string of the molecule is CCCCCCC(C)Nc1c(C#N)nnc2ccccc12. The van der Waals surface area contributed by atoms with Gasteiger partial charge < -0.3 is 5.32 Å². The molecule has 0 amide bonds. The van der Waals surface area contributed by atoms with E-state index in [-0.39, 0.29) is 0 Å². The van der Waals surface area contributed by atoms with Crippen LogP contribution in [0.2, 0.25) is 0 Å². The van der Waals surface area contributed by atoms with Crippen molar-refractivity contribution in [3.05, 3.63) is 30.0 Å². The molecule has 2 aromatic rings. The molecule has 0 aliphatic carbocycles. The zero-order chi connectivity index (χ0) is 15.1. The summed E-state index contributed by atoms with van der Waals surface area (Å²) in [6.07, 6.45) is 6.11. The Labute approximate surface area is 126 Å². The highest BCUT2D eigenvalue weighted by molar-refractivity contribution is 5.92. The maximum atomic E-state index is 9.24. The van der Waals surface area contributed by atoms with Gasteiger partial charge in [-0.15, -0.1) is 10.2 Å². The quantitative estimate of drug-likeness (QED) is 0.770. The second-order valence-corrected chi connectivity index (χ2v) is 5.45. The lowest BCUT2D eigenvalue weighted by Gasteiger charge is -2.17. The highest BCUT2D eigenvalue weighted by Crippen LogP contribution is 2.25. The van der Waals surface area contributed by atoms with Gasteiger partial charge in [0, 0.05) is 11.4 Å². The van der Waals surface area contributed by atoms with Crippen LogP contribution < -0.4 is 5.32 Å². The van der Waals surface area contributed by atoms with E-state index in [9.17, 15) is 5.26 Å². The maximum Gasteiger partial charge on any atom is 0.186 e. The molecule has 0 aliphatic rings. The molecule has 1 heterocycles. The van der Waals surface area contributed by atoms with Gasteiger partial charge in [0.05, 0.1) is 11.2 Å². The Kier molecular flexibility index (Phi) is 5.51. The van der Waals surface area contributed by atoms with E-state index >= 15 is 0 Å². The maximum absolute atomic E-state index is 9.24. The lowest BCUT2D eigenvalue weighted by molar-refractivity contribution is 0.594. The van der Waals surface area contributed by atoms with Gasteiger partial charge in [-0.25, -0.2) is 0 Å². The van der Waals surface area contributed by atoms with Gasteiger partial charge in [0.25, 0.3) is 0 Å². The molecule has 110 valence electrons. The fraction of sp³-hybridized carbons (Fsp3) is 0.471. The first kappa shape index (κ1) is 15.2. The third-order valence-corrected chi connectivity index (χ3v) is 3.66. The molecule has 1 unspecified atom stereocenters. The lowest BCUT2D eigenvalue weighted by atomic mass is 10.1. The second-order valence-electron chi connectivity index (χ2n) is 5.45. The Hall–Kier alpha value is -2.15. The summed E-state index contributed by atoms with van der Waals surface area (Å²) in [5.41, 5.74) is 2.00. The van der Waals surface area contributed by atoms with Crippen molar-refractivity contribution in [3.8, 4) is 6.07 Å². The second kappa shape index (κ2) is 7.58. The van der Waals surface area contributed by atoms with E-state index in [2.05, 4.69) is 35.4 Å². The number of anilines is 1. The topological polar surface area (TPSA) is 61.6 Å². The van der Waals surface area contributed by atoms with Crippen molar-refractivity contribution in [2.75, 3.05) is 5.32 Å². The summed E-state index contributed by atoms with van der Waals surface area (Å²) in [4.78, 5) is 0. The van der Waals surface area contributed by atoms with Gasteiger partial charge in [-0.05, 0) is 19.4 Å². The minimum Gasteiger partial charge on any atom is -0.380 e. The summed E-state index contributed by atoms with van der Waals surface area (Å²) in [5.74, 6) is 0. The van der Waals surface area contributed by atoms with Crippen LogP contribution in [0.25, 0.3) is 10.9 Å². The van der Waals surface area contributed by atoms with Crippen LogP contribution in [0.3, 0.4) is 0 Å². The molecule has 0 fully saturated rings. The molecule has 0 saturated heterocycles. The molecule has 0 aliphatic heterocycles. The van der Waals surface area contributed by atoms with Crippen molar-refractivity contribution in [2.24, 2.45) is 0 Å². The molecule has 0 bridgehead atoms. The standard InChI is InChI=1S/C17H22N4/c1-3-4-5-6-9-13(2)19-17-14-10-7-8-11-15(14)20-21-16(17)12-18/h7-8,10-11,13H,3-6,9H2,1-2H3,(H,19,20). The van der Waals surface area contributed by atoms with Gasteiger partial charge in [-0.1, -0.05) is 50.8 Å². The van der Waals surface area contributed by atoms with Gasteiger partial charge in [0.15, 0.2) is 5.69 Å². The van der Waals surface area contributed by atoms with E-state index in [0.29, 0.717) is 11.7 Å². The van der Waals surface area contributed by atoms with Crippen molar-refractivity contribution in [2.45, 2.75) is 52.0 Å². The van der Waals surface area contributed by atoms with Crippen molar-refractivity contribution in [1.82, 2.24) is 10.2 Å². The smallest absolute Gasteiger partial charge is 0.186 e. The minimum absolute atomic E-state index is 0.321. The molecule has 1 aromatic heterocycles. The van der Waals surface area contributed by atoms with Crippen molar-refractivity contribution in [3.63, 3.8) is 0 Å². The van der Waals surface area contributed by atoms with Gasteiger partial charge in [0.2, 0.25) is 0 Å².